The lowest BCUT2D eigenvalue weighted by molar-refractivity contribution is -0.139. The van der Waals surface area contributed by atoms with Gasteiger partial charge in [0, 0.05) is 5.69 Å². The first kappa shape index (κ1) is 26.1. The third-order valence-electron chi connectivity index (χ3n) is 2.32. The maximum Gasteiger partial charge on any atom is 0.312 e. The van der Waals surface area contributed by atoms with E-state index < -0.39 is 18.3 Å². The molecular formula is C18H28N2O4. The van der Waals surface area contributed by atoms with Crippen LogP contribution < -0.4 is 11.1 Å². The molecule has 0 atom stereocenters. The SMILES string of the molecule is C#C.CC.CC(C)(C)c1ccccc1NC(=O)CC(=O)O.NC=O. The topological polar surface area (TPSA) is 109 Å². The molecule has 24 heavy (non-hydrogen) atoms. The molecule has 0 aromatic heterocycles. The molecule has 2 amide bonds. The Bertz CT molecular complexity index is 517. The minimum Gasteiger partial charge on any atom is -0.481 e. The molecule has 0 saturated heterocycles. The Kier molecular flexibility index (Phi) is 16.4. The van der Waals surface area contributed by atoms with Gasteiger partial charge in [-0.3, -0.25) is 14.4 Å². The molecule has 1 aromatic carbocycles. The zero-order valence-corrected chi connectivity index (χ0v) is 15.0. The second-order valence-electron chi connectivity index (χ2n) is 5.05. The van der Waals surface area contributed by atoms with E-state index in [9.17, 15) is 9.59 Å². The number of carbonyl (C=O) groups is 3. The van der Waals surface area contributed by atoms with E-state index in [1.165, 1.54) is 0 Å². The van der Waals surface area contributed by atoms with Crippen molar-refractivity contribution in [3.63, 3.8) is 0 Å². The van der Waals surface area contributed by atoms with Crippen molar-refractivity contribution >= 4 is 24.0 Å². The number of nitrogens with one attached hydrogen (secondary N) is 1. The summed E-state index contributed by atoms with van der Waals surface area (Å²) < 4.78 is 0. The van der Waals surface area contributed by atoms with Crippen LogP contribution in [0.4, 0.5) is 5.69 Å². The van der Waals surface area contributed by atoms with Gasteiger partial charge in [0.2, 0.25) is 12.3 Å². The molecule has 0 aliphatic rings. The summed E-state index contributed by atoms with van der Waals surface area (Å²) in [7, 11) is 0. The van der Waals surface area contributed by atoms with Crippen LogP contribution in [0.2, 0.25) is 0 Å². The fourth-order valence-corrected chi connectivity index (χ4v) is 1.58. The van der Waals surface area contributed by atoms with Crippen molar-refractivity contribution in [3.05, 3.63) is 29.8 Å². The van der Waals surface area contributed by atoms with Crippen molar-refractivity contribution in [1.82, 2.24) is 0 Å². The van der Waals surface area contributed by atoms with Crippen molar-refractivity contribution in [2.24, 2.45) is 5.73 Å². The molecule has 0 heterocycles. The van der Waals surface area contributed by atoms with Gasteiger partial charge in [-0.15, -0.1) is 12.8 Å². The molecule has 0 radical (unpaired) electrons. The van der Waals surface area contributed by atoms with Gasteiger partial charge in [-0.05, 0) is 17.0 Å². The maximum absolute atomic E-state index is 11.4. The first-order valence-electron chi connectivity index (χ1n) is 7.32. The molecule has 1 aromatic rings. The van der Waals surface area contributed by atoms with Crippen LogP contribution >= 0.6 is 0 Å². The highest BCUT2D eigenvalue weighted by atomic mass is 16.4. The molecule has 0 spiro atoms. The third kappa shape index (κ3) is 12.9. The summed E-state index contributed by atoms with van der Waals surface area (Å²) in [6.45, 7) is 10.1. The summed E-state index contributed by atoms with van der Waals surface area (Å²) in [5, 5.41) is 11.2. The summed E-state index contributed by atoms with van der Waals surface area (Å²) in [5.41, 5.74) is 5.72. The largest absolute Gasteiger partial charge is 0.481 e. The highest BCUT2D eigenvalue weighted by Crippen LogP contribution is 2.29. The smallest absolute Gasteiger partial charge is 0.312 e. The number of anilines is 1. The summed E-state index contributed by atoms with van der Waals surface area (Å²) in [6, 6.07) is 7.41. The number of carboxylic acid groups (broad SMARTS) is 1. The van der Waals surface area contributed by atoms with Crippen LogP contribution in [0.25, 0.3) is 0 Å². The molecule has 0 aliphatic carbocycles. The normalized spacial score (nSPS) is 8.62. The van der Waals surface area contributed by atoms with Crippen LogP contribution in [0.15, 0.2) is 24.3 Å². The van der Waals surface area contributed by atoms with Gasteiger partial charge in [-0.1, -0.05) is 52.8 Å². The lowest BCUT2D eigenvalue weighted by Crippen LogP contribution is -2.20. The van der Waals surface area contributed by atoms with E-state index in [0.29, 0.717) is 5.69 Å². The molecule has 0 aliphatic heterocycles. The molecule has 4 N–H and O–H groups in total. The Morgan fingerprint density at radius 3 is 2.00 bits per heavy atom. The van der Waals surface area contributed by atoms with E-state index >= 15 is 0 Å². The molecule has 0 saturated carbocycles. The maximum atomic E-state index is 11.4. The molecule has 0 bridgehead atoms. The van der Waals surface area contributed by atoms with E-state index in [1.807, 2.05) is 52.8 Å². The van der Waals surface area contributed by atoms with Crippen LogP contribution in [0.5, 0.6) is 0 Å². The van der Waals surface area contributed by atoms with Crippen LogP contribution in [0, 0.1) is 12.8 Å². The molecule has 0 fully saturated rings. The predicted molar refractivity (Wildman–Crippen MR) is 97.5 cm³/mol. The van der Waals surface area contributed by atoms with Gasteiger partial charge < -0.3 is 16.2 Å². The Labute approximate surface area is 144 Å². The first-order chi connectivity index (χ1) is 11.2. The second-order valence-corrected chi connectivity index (χ2v) is 5.05. The highest BCUT2D eigenvalue weighted by Gasteiger charge is 2.18. The molecule has 1 rings (SSSR count). The average molecular weight is 336 g/mol. The van der Waals surface area contributed by atoms with Gasteiger partial charge in [-0.25, -0.2) is 0 Å². The zero-order valence-electron chi connectivity index (χ0n) is 15.0. The van der Waals surface area contributed by atoms with E-state index in [0.717, 1.165) is 5.56 Å². The van der Waals surface area contributed by atoms with E-state index in [1.54, 1.807) is 6.07 Å². The number of aliphatic carboxylic acids is 1. The van der Waals surface area contributed by atoms with Crippen molar-refractivity contribution in [2.75, 3.05) is 5.32 Å². The fourth-order valence-electron chi connectivity index (χ4n) is 1.58. The average Bonchev–Trinajstić information content (AvgIpc) is 2.50. The Hall–Kier alpha value is -2.81. The number of rotatable bonds is 3. The van der Waals surface area contributed by atoms with Crippen molar-refractivity contribution in [1.29, 1.82) is 0 Å². The van der Waals surface area contributed by atoms with Crippen LogP contribution in [0.3, 0.4) is 0 Å². The summed E-state index contributed by atoms with van der Waals surface area (Å²) in [6.07, 6.45) is 7.73. The van der Waals surface area contributed by atoms with E-state index in [2.05, 4.69) is 23.9 Å². The summed E-state index contributed by atoms with van der Waals surface area (Å²) in [5.74, 6) is -1.63. The number of terminal acetylenes is 1. The lowest BCUT2D eigenvalue weighted by atomic mass is 9.86. The number of carboxylic acids is 1. The third-order valence-corrected chi connectivity index (χ3v) is 2.32. The van der Waals surface area contributed by atoms with Crippen LogP contribution in [-0.2, 0) is 19.8 Å². The zero-order chi connectivity index (χ0) is 19.8. The lowest BCUT2D eigenvalue weighted by Gasteiger charge is -2.22. The van der Waals surface area contributed by atoms with Crippen LogP contribution in [0.1, 0.15) is 46.6 Å². The quantitative estimate of drug-likeness (QED) is 0.448. The van der Waals surface area contributed by atoms with E-state index in [-0.39, 0.29) is 11.8 Å². The van der Waals surface area contributed by atoms with Gasteiger partial charge in [0.25, 0.3) is 0 Å². The minimum absolute atomic E-state index is 0.104. The van der Waals surface area contributed by atoms with E-state index in [4.69, 9.17) is 9.90 Å². The Morgan fingerprint density at radius 1 is 1.21 bits per heavy atom. The summed E-state index contributed by atoms with van der Waals surface area (Å²) in [4.78, 5) is 30.4. The number of hydrogen-bond acceptors (Lipinski definition) is 3. The van der Waals surface area contributed by atoms with Crippen LogP contribution in [-0.4, -0.2) is 23.4 Å². The van der Waals surface area contributed by atoms with Crippen molar-refractivity contribution in [2.45, 2.75) is 46.5 Å². The molecule has 134 valence electrons. The fraction of sp³-hybridized carbons (Fsp3) is 0.389. The Balaban J connectivity index is -0.000000549. The minimum atomic E-state index is -1.13. The first-order valence-corrected chi connectivity index (χ1v) is 7.32. The standard InChI is InChI=1S/C13H17NO3.C2H6.C2H2.CH3NO/c1-13(2,3)9-6-4-5-7-10(9)14-11(15)8-12(16)17;2*1-2;2-1-3/h4-7H,8H2,1-3H3,(H,14,15)(H,16,17);1-2H3;1-2H;1H,(H2,2,3). The number of para-hydroxylation sites is 1. The van der Waals surface area contributed by atoms with Gasteiger partial charge in [-0.2, -0.15) is 0 Å². The second kappa shape index (κ2) is 15.1. The molecular weight excluding hydrogens is 308 g/mol. The molecule has 0 unspecified atom stereocenters. The molecule has 6 nitrogen and oxygen atoms in total. The summed E-state index contributed by atoms with van der Waals surface area (Å²) >= 11 is 0. The number of nitrogens with two attached hydrogens (primary N) is 1. The van der Waals surface area contributed by atoms with Gasteiger partial charge in [0.05, 0.1) is 0 Å². The number of carbonyl (C=O) groups excluding carboxylic acids is 2. The van der Waals surface area contributed by atoms with Gasteiger partial charge in [0.1, 0.15) is 6.42 Å². The van der Waals surface area contributed by atoms with Crippen molar-refractivity contribution in [3.8, 4) is 12.8 Å². The number of amides is 2. The predicted octanol–water partition coefficient (Wildman–Crippen LogP) is 2.77. The molecule has 6 heteroatoms. The number of benzene rings is 1. The van der Waals surface area contributed by atoms with Crippen molar-refractivity contribution < 1.29 is 19.5 Å². The monoisotopic (exact) mass is 336 g/mol. The number of primary amides is 1. The Morgan fingerprint density at radius 2 is 1.62 bits per heavy atom. The van der Waals surface area contributed by atoms with Gasteiger partial charge in [0.15, 0.2) is 0 Å². The highest BCUT2D eigenvalue weighted by molar-refractivity contribution is 6.01. The number of hydrogen-bond donors (Lipinski definition) is 3. The van der Waals surface area contributed by atoms with Gasteiger partial charge >= 0.3 is 5.97 Å².